The molecule has 0 aliphatic carbocycles. The topological polar surface area (TPSA) is 76.5 Å². The van der Waals surface area contributed by atoms with Gasteiger partial charge in [0.1, 0.15) is 5.82 Å². The van der Waals surface area contributed by atoms with Crippen molar-refractivity contribution in [3.8, 4) is 0 Å². The number of amides is 2. The maximum absolute atomic E-state index is 12.7. The van der Waals surface area contributed by atoms with Crippen LogP contribution in [0.15, 0.2) is 23.6 Å². The maximum atomic E-state index is 12.7. The van der Waals surface area contributed by atoms with E-state index in [2.05, 4.69) is 10.4 Å². The van der Waals surface area contributed by atoms with Gasteiger partial charge in [0.2, 0.25) is 0 Å². The highest BCUT2D eigenvalue weighted by Crippen LogP contribution is 2.17. The summed E-state index contributed by atoms with van der Waals surface area (Å²) in [6.45, 7) is 4.97. The minimum absolute atomic E-state index is 0.000543. The molecule has 128 valence electrons. The zero-order valence-corrected chi connectivity index (χ0v) is 14.7. The maximum Gasteiger partial charge on any atom is 0.274 e. The molecular weight excluding hydrogens is 328 g/mol. The number of nitrogens with zero attached hydrogens (tertiary/aromatic N) is 3. The van der Waals surface area contributed by atoms with Gasteiger partial charge in [-0.1, -0.05) is 6.07 Å². The highest BCUT2D eigenvalue weighted by molar-refractivity contribution is 7.12. The van der Waals surface area contributed by atoms with Crippen molar-refractivity contribution in [2.75, 3.05) is 18.4 Å². The van der Waals surface area contributed by atoms with E-state index in [0.29, 0.717) is 29.5 Å². The summed E-state index contributed by atoms with van der Waals surface area (Å²) >= 11 is 1.36. The number of rotatable bonds is 3. The van der Waals surface area contributed by atoms with Gasteiger partial charge in [0.25, 0.3) is 11.8 Å². The van der Waals surface area contributed by atoms with Crippen molar-refractivity contribution < 1.29 is 14.3 Å². The number of carbonyl (C=O) groups is 2. The molecule has 24 heavy (non-hydrogen) atoms. The molecule has 0 unspecified atom stereocenters. The molecule has 3 rings (SSSR count). The molecule has 1 N–H and O–H groups in total. The second kappa shape index (κ2) is 6.74. The smallest absolute Gasteiger partial charge is 0.274 e. The minimum Gasteiger partial charge on any atom is -0.372 e. The van der Waals surface area contributed by atoms with Crippen LogP contribution < -0.4 is 5.32 Å². The molecule has 1 fully saturated rings. The quantitative estimate of drug-likeness (QED) is 0.920. The molecule has 2 amide bonds. The fraction of sp³-hybridized carbons (Fsp3) is 0.438. The molecule has 3 heterocycles. The van der Waals surface area contributed by atoms with E-state index in [0.717, 1.165) is 0 Å². The largest absolute Gasteiger partial charge is 0.372 e. The molecule has 8 heteroatoms. The molecule has 1 aliphatic rings. The lowest BCUT2D eigenvalue weighted by atomic mass is 10.2. The third-order valence-corrected chi connectivity index (χ3v) is 4.66. The zero-order valence-electron chi connectivity index (χ0n) is 13.9. The van der Waals surface area contributed by atoms with Gasteiger partial charge in [-0.25, -0.2) is 0 Å². The van der Waals surface area contributed by atoms with Crippen molar-refractivity contribution in [3.05, 3.63) is 34.2 Å². The van der Waals surface area contributed by atoms with Crippen molar-refractivity contribution in [2.24, 2.45) is 7.05 Å². The first-order valence-corrected chi connectivity index (χ1v) is 8.65. The van der Waals surface area contributed by atoms with Gasteiger partial charge in [-0.3, -0.25) is 14.3 Å². The van der Waals surface area contributed by atoms with Crippen LogP contribution >= 0.6 is 11.3 Å². The molecular formula is C16H20N4O3S. The summed E-state index contributed by atoms with van der Waals surface area (Å²) in [4.78, 5) is 27.1. The summed E-state index contributed by atoms with van der Waals surface area (Å²) in [7, 11) is 1.70. The second-order valence-electron chi connectivity index (χ2n) is 5.94. The van der Waals surface area contributed by atoms with E-state index < -0.39 is 0 Å². The van der Waals surface area contributed by atoms with Crippen molar-refractivity contribution in [1.29, 1.82) is 0 Å². The number of nitrogens with one attached hydrogen (secondary N) is 1. The summed E-state index contributed by atoms with van der Waals surface area (Å²) < 4.78 is 7.16. The van der Waals surface area contributed by atoms with Gasteiger partial charge in [-0.05, 0) is 25.3 Å². The van der Waals surface area contributed by atoms with E-state index in [1.54, 1.807) is 24.1 Å². The Hall–Kier alpha value is -2.19. The van der Waals surface area contributed by atoms with E-state index in [9.17, 15) is 9.59 Å². The van der Waals surface area contributed by atoms with Crippen LogP contribution in [0.25, 0.3) is 0 Å². The van der Waals surface area contributed by atoms with Crippen LogP contribution in [-0.2, 0) is 11.8 Å². The Balaban J connectivity index is 1.73. The molecule has 7 nitrogen and oxygen atoms in total. The van der Waals surface area contributed by atoms with Gasteiger partial charge in [-0.2, -0.15) is 5.10 Å². The summed E-state index contributed by atoms with van der Waals surface area (Å²) in [5.74, 6) is 0.135. The van der Waals surface area contributed by atoms with Crippen LogP contribution in [0, 0.1) is 0 Å². The van der Waals surface area contributed by atoms with Gasteiger partial charge >= 0.3 is 0 Å². The average molecular weight is 348 g/mol. The number of aromatic nitrogens is 2. The van der Waals surface area contributed by atoms with Crippen LogP contribution in [0.4, 0.5) is 5.82 Å². The molecule has 0 saturated carbocycles. The molecule has 0 aromatic carbocycles. The summed E-state index contributed by atoms with van der Waals surface area (Å²) in [5.41, 5.74) is 0.320. The Bertz CT molecular complexity index is 731. The summed E-state index contributed by atoms with van der Waals surface area (Å²) in [6.07, 6.45) is -0.00109. The molecule has 1 aliphatic heterocycles. The molecule has 0 bridgehead atoms. The first kappa shape index (κ1) is 16.7. The van der Waals surface area contributed by atoms with Gasteiger partial charge < -0.3 is 15.0 Å². The Kier molecular flexibility index (Phi) is 4.68. The number of carbonyl (C=O) groups excluding carboxylic acids is 2. The van der Waals surface area contributed by atoms with Crippen LogP contribution in [0.1, 0.15) is 34.0 Å². The van der Waals surface area contributed by atoms with E-state index >= 15 is 0 Å². The van der Waals surface area contributed by atoms with Crippen molar-refractivity contribution in [2.45, 2.75) is 26.1 Å². The van der Waals surface area contributed by atoms with Crippen molar-refractivity contribution in [1.82, 2.24) is 14.7 Å². The molecule has 0 spiro atoms. The van der Waals surface area contributed by atoms with E-state index in [4.69, 9.17) is 4.74 Å². The van der Waals surface area contributed by atoms with Gasteiger partial charge in [0, 0.05) is 26.2 Å². The number of hydrogen-bond donors (Lipinski definition) is 1. The number of anilines is 1. The third-order valence-electron chi connectivity index (χ3n) is 3.79. The lowest BCUT2D eigenvalue weighted by Gasteiger charge is -2.34. The lowest BCUT2D eigenvalue weighted by molar-refractivity contribution is -0.0587. The predicted molar refractivity (Wildman–Crippen MR) is 91.4 cm³/mol. The van der Waals surface area contributed by atoms with Crippen LogP contribution in [0.5, 0.6) is 0 Å². The van der Waals surface area contributed by atoms with Gasteiger partial charge in [0.05, 0.1) is 17.1 Å². The Morgan fingerprint density at radius 3 is 2.67 bits per heavy atom. The van der Waals surface area contributed by atoms with Crippen LogP contribution in [0.2, 0.25) is 0 Å². The summed E-state index contributed by atoms with van der Waals surface area (Å²) in [6, 6.07) is 5.18. The average Bonchev–Trinajstić information content (AvgIpc) is 3.16. The highest BCUT2D eigenvalue weighted by Gasteiger charge is 2.28. The standard InChI is InChI=1S/C16H20N4O3S/c1-10-8-20(9-11(2)23-10)16(22)12-7-14(19(3)18-12)17-15(21)13-5-4-6-24-13/h4-7,10-11H,8-9H2,1-3H3,(H,17,21)/t10-,11+. The van der Waals surface area contributed by atoms with E-state index in [-0.39, 0.29) is 24.0 Å². The van der Waals surface area contributed by atoms with Crippen LogP contribution in [-0.4, -0.2) is 51.8 Å². The Morgan fingerprint density at radius 1 is 1.33 bits per heavy atom. The number of hydrogen-bond acceptors (Lipinski definition) is 5. The third kappa shape index (κ3) is 3.49. The SMILES string of the molecule is C[C@@H]1CN(C(=O)c2cc(NC(=O)c3cccs3)n(C)n2)C[C@H](C)O1. The highest BCUT2D eigenvalue weighted by atomic mass is 32.1. The van der Waals surface area contributed by atoms with Gasteiger partial charge in [0.15, 0.2) is 5.69 Å². The second-order valence-corrected chi connectivity index (χ2v) is 6.88. The fourth-order valence-corrected chi connectivity index (χ4v) is 3.40. The first-order chi connectivity index (χ1) is 11.4. The number of morpholine rings is 1. The Morgan fingerprint density at radius 2 is 2.04 bits per heavy atom. The number of aryl methyl sites for hydroxylation is 1. The molecule has 2 aromatic heterocycles. The monoisotopic (exact) mass is 348 g/mol. The first-order valence-electron chi connectivity index (χ1n) is 7.77. The molecule has 2 atom stereocenters. The Labute approximate surface area is 144 Å². The normalized spacial score (nSPS) is 20.9. The van der Waals surface area contributed by atoms with E-state index in [1.165, 1.54) is 16.0 Å². The zero-order chi connectivity index (χ0) is 17.3. The molecule has 2 aromatic rings. The lowest BCUT2D eigenvalue weighted by Crippen LogP contribution is -2.48. The fourth-order valence-electron chi connectivity index (χ4n) is 2.78. The summed E-state index contributed by atoms with van der Waals surface area (Å²) in [5, 5.41) is 8.87. The predicted octanol–water partition coefficient (Wildman–Crippen LogP) is 1.98. The molecule has 0 radical (unpaired) electrons. The van der Waals surface area contributed by atoms with Crippen molar-refractivity contribution >= 4 is 29.0 Å². The van der Waals surface area contributed by atoms with E-state index in [1.807, 2.05) is 25.3 Å². The van der Waals surface area contributed by atoms with Crippen molar-refractivity contribution in [3.63, 3.8) is 0 Å². The number of ether oxygens (including phenoxy) is 1. The number of thiophene rings is 1. The van der Waals surface area contributed by atoms with Gasteiger partial charge in [-0.15, -0.1) is 11.3 Å². The minimum atomic E-state index is -0.208. The molecule has 1 saturated heterocycles. The van der Waals surface area contributed by atoms with Crippen LogP contribution in [0.3, 0.4) is 0 Å².